The molecular formula is C19H37F. The summed E-state index contributed by atoms with van der Waals surface area (Å²) in [6.07, 6.45) is 19.2. The fourth-order valence-corrected chi connectivity index (χ4v) is 2.65. The van der Waals surface area contributed by atoms with Crippen molar-refractivity contribution in [1.29, 1.82) is 0 Å². The largest absolute Gasteiger partial charge is 0.247 e. The van der Waals surface area contributed by atoms with Gasteiger partial charge in [0.05, 0.1) is 0 Å². The van der Waals surface area contributed by atoms with E-state index in [9.17, 15) is 4.39 Å². The van der Waals surface area contributed by atoms with E-state index in [1.54, 1.807) is 0 Å². The predicted octanol–water partition coefficient (Wildman–Crippen LogP) is 7.38. The van der Waals surface area contributed by atoms with E-state index in [1.165, 1.54) is 64.2 Å². The van der Waals surface area contributed by atoms with E-state index in [0.29, 0.717) is 0 Å². The molecule has 0 aliphatic heterocycles. The van der Waals surface area contributed by atoms with E-state index >= 15 is 0 Å². The molecule has 0 aromatic rings. The molecule has 0 aliphatic rings. The third-order valence-electron chi connectivity index (χ3n) is 4.05. The summed E-state index contributed by atoms with van der Waals surface area (Å²) >= 11 is 0. The van der Waals surface area contributed by atoms with Gasteiger partial charge in [-0.05, 0) is 25.7 Å². The van der Waals surface area contributed by atoms with Crippen molar-refractivity contribution in [1.82, 2.24) is 0 Å². The van der Waals surface area contributed by atoms with Crippen LogP contribution in [0, 0.1) is 0 Å². The van der Waals surface area contributed by atoms with Gasteiger partial charge in [-0.25, -0.2) is 4.39 Å². The molecule has 0 spiro atoms. The van der Waals surface area contributed by atoms with E-state index < -0.39 is 6.17 Å². The highest BCUT2D eigenvalue weighted by molar-refractivity contribution is 4.65. The Kier molecular flexibility index (Phi) is 16.4. The Hall–Kier alpha value is -0.330. The maximum atomic E-state index is 13.6. The Morgan fingerprint density at radius 1 is 0.750 bits per heavy atom. The molecule has 0 aliphatic carbocycles. The van der Waals surface area contributed by atoms with Gasteiger partial charge in [0.1, 0.15) is 6.17 Å². The molecule has 0 N–H and O–H groups in total. The van der Waals surface area contributed by atoms with Crippen molar-refractivity contribution in [2.75, 3.05) is 0 Å². The smallest absolute Gasteiger partial charge is 0.100 e. The van der Waals surface area contributed by atoms with Crippen LogP contribution in [0.5, 0.6) is 0 Å². The molecule has 20 heavy (non-hydrogen) atoms. The van der Waals surface area contributed by atoms with Crippen molar-refractivity contribution >= 4 is 0 Å². The van der Waals surface area contributed by atoms with E-state index in [0.717, 1.165) is 32.1 Å². The highest BCUT2D eigenvalue weighted by Gasteiger charge is 2.05. The molecule has 0 unspecified atom stereocenters. The van der Waals surface area contributed by atoms with Gasteiger partial charge >= 0.3 is 0 Å². The van der Waals surface area contributed by atoms with Gasteiger partial charge in [-0.1, -0.05) is 83.6 Å². The Morgan fingerprint density at radius 3 is 1.70 bits per heavy atom. The second-order valence-electron chi connectivity index (χ2n) is 6.14. The zero-order valence-corrected chi connectivity index (χ0v) is 13.8. The summed E-state index contributed by atoms with van der Waals surface area (Å²) in [5, 5.41) is 0. The third kappa shape index (κ3) is 15.7. The van der Waals surface area contributed by atoms with Gasteiger partial charge in [-0.3, -0.25) is 0 Å². The Labute approximate surface area is 127 Å². The second kappa shape index (κ2) is 16.7. The molecule has 120 valence electrons. The Balaban J connectivity index is 3.12. The highest BCUT2D eigenvalue weighted by Crippen LogP contribution is 2.16. The number of unbranched alkanes of at least 4 members (excludes halogenated alkanes) is 11. The van der Waals surface area contributed by atoms with Crippen molar-refractivity contribution in [3.8, 4) is 0 Å². The van der Waals surface area contributed by atoms with Crippen LogP contribution in [0.2, 0.25) is 0 Å². The summed E-state index contributed by atoms with van der Waals surface area (Å²) in [5.74, 6) is 0. The second-order valence-corrected chi connectivity index (χ2v) is 6.14. The van der Waals surface area contributed by atoms with Gasteiger partial charge in [0.25, 0.3) is 0 Å². The first-order chi connectivity index (χ1) is 9.81. The Bertz CT molecular complexity index is 188. The molecule has 0 heterocycles. The van der Waals surface area contributed by atoms with Crippen LogP contribution in [0.4, 0.5) is 4.39 Å². The van der Waals surface area contributed by atoms with Crippen LogP contribution in [-0.4, -0.2) is 6.17 Å². The molecule has 1 heteroatoms. The van der Waals surface area contributed by atoms with Crippen molar-refractivity contribution in [3.63, 3.8) is 0 Å². The first kappa shape index (κ1) is 19.7. The monoisotopic (exact) mass is 284 g/mol. The average molecular weight is 285 g/mol. The van der Waals surface area contributed by atoms with Gasteiger partial charge in [0, 0.05) is 0 Å². The predicted molar refractivity (Wildman–Crippen MR) is 90.0 cm³/mol. The standard InChI is InChI=1S/C19H37F/c1-3-5-7-9-11-13-15-17-19(20)18-16-14-12-10-8-6-4-2/h3,19H,1,4-18H2,2H3/t19-/m1/s1. The summed E-state index contributed by atoms with van der Waals surface area (Å²) in [4.78, 5) is 0. The van der Waals surface area contributed by atoms with Crippen LogP contribution in [0.3, 0.4) is 0 Å². The fraction of sp³-hybridized carbons (Fsp3) is 0.895. The molecule has 0 radical (unpaired) electrons. The molecule has 0 saturated carbocycles. The minimum absolute atomic E-state index is 0.543. The average Bonchev–Trinajstić information content (AvgIpc) is 2.45. The van der Waals surface area contributed by atoms with Crippen molar-refractivity contribution in [2.45, 2.75) is 109 Å². The first-order valence-electron chi connectivity index (χ1n) is 9.06. The lowest BCUT2D eigenvalue weighted by Gasteiger charge is -2.08. The van der Waals surface area contributed by atoms with Gasteiger partial charge in [0.2, 0.25) is 0 Å². The molecule has 0 aromatic carbocycles. The van der Waals surface area contributed by atoms with Crippen LogP contribution in [0.15, 0.2) is 12.7 Å². The molecule has 1 atom stereocenters. The quantitative estimate of drug-likeness (QED) is 0.205. The van der Waals surface area contributed by atoms with Crippen molar-refractivity contribution in [2.24, 2.45) is 0 Å². The molecule has 0 aromatic heterocycles. The molecular weight excluding hydrogens is 247 g/mol. The zero-order valence-electron chi connectivity index (χ0n) is 13.8. The minimum atomic E-state index is -0.543. The summed E-state index contributed by atoms with van der Waals surface area (Å²) < 4.78 is 13.6. The normalized spacial score (nSPS) is 12.5. The van der Waals surface area contributed by atoms with E-state index in [4.69, 9.17) is 0 Å². The topological polar surface area (TPSA) is 0 Å². The van der Waals surface area contributed by atoms with Gasteiger partial charge in [0.15, 0.2) is 0 Å². The summed E-state index contributed by atoms with van der Waals surface area (Å²) in [6, 6.07) is 0. The zero-order chi connectivity index (χ0) is 14.9. The number of alkyl halides is 1. The number of hydrogen-bond acceptors (Lipinski definition) is 0. The van der Waals surface area contributed by atoms with Gasteiger partial charge in [-0.2, -0.15) is 0 Å². The number of hydrogen-bond donors (Lipinski definition) is 0. The maximum absolute atomic E-state index is 13.6. The van der Waals surface area contributed by atoms with Crippen molar-refractivity contribution in [3.05, 3.63) is 12.7 Å². The first-order valence-corrected chi connectivity index (χ1v) is 9.06. The molecule has 0 bridgehead atoms. The number of halogens is 1. The SMILES string of the molecule is C=CCCCCCCC[C@@H](F)CCCCCCCCC. The lowest BCUT2D eigenvalue weighted by atomic mass is 10.0. The van der Waals surface area contributed by atoms with E-state index in [2.05, 4.69) is 13.5 Å². The van der Waals surface area contributed by atoms with Crippen LogP contribution in [0.25, 0.3) is 0 Å². The van der Waals surface area contributed by atoms with Gasteiger partial charge < -0.3 is 0 Å². The molecule has 0 rings (SSSR count). The lowest BCUT2D eigenvalue weighted by Crippen LogP contribution is -2.00. The van der Waals surface area contributed by atoms with Crippen LogP contribution >= 0.6 is 0 Å². The third-order valence-corrected chi connectivity index (χ3v) is 4.05. The molecule has 0 nitrogen and oxygen atoms in total. The number of allylic oxidation sites excluding steroid dienone is 1. The summed E-state index contributed by atoms with van der Waals surface area (Å²) in [7, 11) is 0. The minimum Gasteiger partial charge on any atom is -0.247 e. The van der Waals surface area contributed by atoms with Gasteiger partial charge in [-0.15, -0.1) is 6.58 Å². The summed E-state index contributed by atoms with van der Waals surface area (Å²) in [6.45, 7) is 5.97. The molecule has 0 saturated heterocycles. The van der Waals surface area contributed by atoms with Crippen LogP contribution in [-0.2, 0) is 0 Å². The van der Waals surface area contributed by atoms with Crippen molar-refractivity contribution < 1.29 is 4.39 Å². The fourth-order valence-electron chi connectivity index (χ4n) is 2.65. The highest BCUT2D eigenvalue weighted by atomic mass is 19.1. The van der Waals surface area contributed by atoms with E-state index in [-0.39, 0.29) is 0 Å². The Morgan fingerprint density at radius 2 is 1.20 bits per heavy atom. The lowest BCUT2D eigenvalue weighted by molar-refractivity contribution is 0.279. The van der Waals surface area contributed by atoms with Crippen LogP contribution in [0.1, 0.15) is 103 Å². The summed E-state index contributed by atoms with van der Waals surface area (Å²) in [5.41, 5.74) is 0. The molecule has 0 amide bonds. The number of rotatable bonds is 16. The van der Waals surface area contributed by atoms with Crippen LogP contribution < -0.4 is 0 Å². The molecule has 0 fully saturated rings. The van der Waals surface area contributed by atoms with E-state index in [1.807, 2.05) is 6.08 Å². The maximum Gasteiger partial charge on any atom is 0.100 e.